The van der Waals surface area contributed by atoms with E-state index >= 15 is 0 Å². The van der Waals surface area contributed by atoms with Crippen LogP contribution in [0.5, 0.6) is 0 Å². The van der Waals surface area contributed by atoms with E-state index in [1.165, 1.54) is 0 Å². The number of hydrogen-bond donors (Lipinski definition) is 2. The van der Waals surface area contributed by atoms with Gasteiger partial charge in [0.25, 0.3) is 5.91 Å². The second-order valence-electron chi connectivity index (χ2n) is 4.43. The largest absolute Gasteiger partial charge is 0.384 e. The fourth-order valence-electron chi connectivity index (χ4n) is 1.28. The average molecular weight is 221 g/mol. The molecule has 0 fully saturated rings. The highest BCUT2D eigenvalue weighted by atomic mass is 16.1. The first-order valence-electron chi connectivity index (χ1n) is 5.45. The lowest BCUT2D eigenvalue weighted by atomic mass is 10.1. The quantitative estimate of drug-likeness (QED) is 0.817. The van der Waals surface area contributed by atoms with E-state index in [-0.39, 0.29) is 11.9 Å². The normalized spacial score (nSPS) is 12.6. The molecule has 0 bridgehead atoms. The average Bonchev–Trinajstić information content (AvgIpc) is 2.15. The highest BCUT2D eigenvalue weighted by Crippen LogP contribution is 2.08. The van der Waals surface area contributed by atoms with Gasteiger partial charge in [0, 0.05) is 17.3 Å². The SMILES string of the molecule is Cc1cc(C(=O)NC(C)C(C)C)cc(N)n1. The van der Waals surface area contributed by atoms with Crippen molar-refractivity contribution >= 4 is 11.7 Å². The van der Waals surface area contributed by atoms with Gasteiger partial charge in [-0.05, 0) is 31.9 Å². The molecular weight excluding hydrogens is 202 g/mol. The first kappa shape index (κ1) is 12.5. The van der Waals surface area contributed by atoms with Gasteiger partial charge in [-0.2, -0.15) is 0 Å². The van der Waals surface area contributed by atoms with Crippen LogP contribution in [0.3, 0.4) is 0 Å². The summed E-state index contributed by atoms with van der Waals surface area (Å²) in [7, 11) is 0. The Morgan fingerprint density at radius 2 is 2.00 bits per heavy atom. The number of nitrogens with two attached hydrogens (primary N) is 1. The van der Waals surface area contributed by atoms with Crippen LogP contribution in [0.25, 0.3) is 0 Å². The minimum Gasteiger partial charge on any atom is -0.384 e. The number of carbonyl (C=O) groups excluding carboxylic acids is 1. The topological polar surface area (TPSA) is 68.0 Å². The summed E-state index contributed by atoms with van der Waals surface area (Å²) in [6.45, 7) is 7.94. The molecule has 16 heavy (non-hydrogen) atoms. The van der Waals surface area contributed by atoms with Crippen molar-refractivity contribution in [2.75, 3.05) is 5.73 Å². The van der Waals surface area contributed by atoms with Gasteiger partial charge in [-0.25, -0.2) is 4.98 Å². The van der Waals surface area contributed by atoms with Crippen molar-refractivity contribution in [3.05, 3.63) is 23.4 Å². The van der Waals surface area contributed by atoms with Crippen LogP contribution in [-0.4, -0.2) is 16.9 Å². The number of hydrogen-bond acceptors (Lipinski definition) is 3. The van der Waals surface area contributed by atoms with Crippen LogP contribution in [-0.2, 0) is 0 Å². The molecule has 1 heterocycles. The molecule has 0 spiro atoms. The van der Waals surface area contributed by atoms with E-state index < -0.39 is 0 Å². The van der Waals surface area contributed by atoms with E-state index in [4.69, 9.17) is 5.73 Å². The van der Waals surface area contributed by atoms with Gasteiger partial charge >= 0.3 is 0 Å². The van der Waals surface area contributed by atoms with Crippen molar-refractivity contribution in [2.45, 2.75) is 33.7 Å². The van der Waals surface area contributed by atoms with Crippen LogP contribution in [0.2, 0.25) is 0 Å². The van der Waals surface area contributed by atoms with Crippen molar-refractivity contribution in [1.29, 1.82) is 0 Å². The van der Waals surface area contributed by atoms with Gasteiger partial charge in [-0.1, -0.05) is 13.8 Å². The van der Waals surface area contributed by atoms with Crippen molar-refractivity contribution in [1.82, 2.24) is 10.3 Å². The summed E-state index contributed by atoms with van der Waals surface area (Å²) in [5, 5.41) is 2.93. The molecule has 1 rings (SSSR count). The van der Waals surface area contributed by atoms with Gasteiger partial charge in [0.05, 0.1) is 0 Å². The molecule has 0 saturated carbocycles. The number of nitrogens with zero attached hydrogens (tertiary/aromatic N) is 1. The molecule has 3 N–H and O–H groups in total. The number of nitrogens with one attached hydrogen (secondary N) is 1. The van der Waals surface area contributed by atoms with Crippen LogP contribution in [0.4, 0.5) is 5.82 Å². The minimum absolute atomic E-state index is 0.0987. The Bertz CT molecular complexity index is 368. The molecule has 0 saturated heterocycles. The van der Waals surface area contributed by atoms with E-state index in [2.05, 4.69) is 24.1 Å². The lowest BCUT2D eigenvalue weighted by Crippen LogP contribution is -2.36. The lowest BCUT2D eigenvalue weighted by molar-refractivity contribution is 0.0930. The maximum atomic E-state index is 11.9. The molecule has 0 aliphatic carbocycles. The number of amides is 1. The summed E-state index contributed by atoms with van der Waals surface area (Å²) < 4.78 is 0. The molecule has 4 nitrogen and oxygen atoms in total. The molecule has 0 aliphatic heterocycles. The smallest absolute Gasteiger partial charge is 0.251 e. The predicted molar refractivity (Wildman–Crippen MR) is 65.2 cm³/mol. The van der Waals surface area contributed by atoms with Gasteiger partial charge in [0.1, 0.15) is 5.82 Å². The van der Waals surface area contributed by atoms with Gasteiger partial charge < -0.3 is 11.1 Å². The van der Waals surface area contributed by atoms with Gasteiger partial charge in [0.2, 0.25) is 0 Å². The maximum Gasteiger partial charge on any atom is 0.251 e. The Balaban J connectivity index is 2.80. The third-order valence-electron chi connectivity index (χ3n) is 2.59. The van der Waals surface area contributed by atoms with Gasteiger partial charge in [0.15, 0.2) is 0 Å². The van der Waals surface area contributed by atoms with Crippen LogP contribution in [0.15, 0.2) is 12.1 Å². The number of anilines is 1. The van der Waals surface area contributed by atoms with E-state index in [1.54, 1.807) is 12.1 Å². The molecular formula is C12H19N3O. The molecule has 1 unspecified atom stereocenters. The molecule has 1 amide bonds. The molecule has 1 aromatic rings. The monoisotopic (exact) mass is 221 g/mol. The van der Waals surface area contributed by atoms with Crippen LogP contribution < -0.4 is 11.1 Å². The van der Waals surface area contributed by atoms with Crippen molar-refractivity contribution in [2.24, 2.45) is 5.92 Å². The summed E-state index contributed by atoms with van der Waals surface area (Å²) in [6.07, 6.45) is 0. The zero-order valence-corrected chi connectivity index (χ0v) is 10.2. The fraction of sp³-hybridized carbons (Fsp3) is 0.500. The van der Waals surface area contributed by atoms with E-state index in [0.717, 1.165) is 5.69 Å². The van der Waals surface area contributed by atoms with Gasteiger partial charge in [-0.3, -0.25) is 4.79 Å². The molecule has 0 radical (unpaired) electrons. The van der Waals surface area contributed by atoms with Crippen molar-refractivity contribution in [3.8, 4) is 0 Å². The van der Waals surface area contributed by atoms with Gasteiger partial charge in [-0.15, -0.1) is 0 Å². The Morgan fingerprint density at radius 1 is 1.38 bits per heavy atom. The van der Waals surface area contributed by atoms with Crippen LogP contribution in [0.1, 0.15) is 36.8 Å². The third-order valence-corrected chi connectivity index (χ3v) is 2.59. The van der Waals surface area contributed by atoms with Crippen LogP contribution in [0, 0.1) is 12.8 Å². The second-order valence-corrected chi connectivity index (χ2v) is 4.43. The zero-order chi connectivity index (χ0) is 12.3. The zero-order valence-electron chi connectivity index (χ0n) is 10.2. The fourth-order valence-corrected chi connectivity index (χ4v) is 1.28. The highest BCUT2D eigenvalue weighted by Gasteiger charge is 2.13. The summed E-state index contributed by atoms with van der Waals surface area (Å²) in [6, 6.07) is 3.47. The molecule has 88 valence electrons. The number of aromatic nitrogens is 1. The number of aryl methyl sites for hydroxylation is 1. The molecule has 0 aromatic carbocycles. The molecule has 1 atom stereocenters. The Hall–Kier alpha value is -1.58. The summed E-state index contributed by atoms with van der Waals surface area (Å²) in [4.78, 5) is 15.9. The summed E-state index contributed by atoms with van der Waals surface area (Å²) >= 11 is 0. The Kier molecular flexibility index (Phi) is 3.88. The van der Waals surface area contributed by atoms with E-state index in [9.17, 15) is 4.79 Å². The lowest BCUT2D eigenvalue weighted by Gasteiger charge is -2.17. The molecule has 0 aliphatic rings. The Labute approximate surface area is 96.3 Å². The number of pyridine rings is 1. The summed E-state index contributed by atoms with van der Waals surface area (Å²) in [5.74, 6) is 0.685. The predicted octanol–water partition coefficient (Wildman–Crippen LogP) is 1.75. The first-order valence-corrected chi connectivity index (χ1v) is 5.45. The van der Waals surface area contributed by atoms with Crippen molar-refractivity contribution in [3.63, 3.8) is 0 Å². The van der Waals surface area contributed by atoms with Crippen LogP contribution >= 0.6 is 0 Å². The minimum atomic E-state index is -0.0987. The Morgan fingerprint density at radius 3 is 2.50 bits per heavy atom. The molecule has 4 heteroatoms. The summed E-state index contributed by atoms with van der Waals surface area (Å²) in [5.41, 5.74) is 6.92. The van der Waals surface area contributed by atoms with E-state index in [1.807, 2.05) is 13.8 Å². The van der Waals surface area contributed by atoms with E-state index in [0.29, 0.717) is 17.3 Å². The first-order chi connectivity index (χ1) is 7.40. The maximum absolute atomic E-state index is 11.9. The number of nitrogen functional groups attached to an aromatic ring is 1. The second kappa shape index (κ2) is 4.96. The van der Waals surface area contributed by atoms with Crippen molar-refractivity contribution < 1.29 is 4.79 Å². The highest BCUT2D eigenvalue weighted by molar-refractivity contribution is 5.95. The number of rotatable bonds is 3. The standard InChI is InChI=1S/C12H19N3O/c1-7(2)9(4)15-12(16)10-5-8(3)14-11(13)6-10/h5-7,9H,1-4H3,(H2,13,14)(H,15,16). The molecule has 1 aromatic heterocycles. The third kappa shape index (κ3) is 3.22. The number of carbonyl (C=O) groups is 1.